The molecule has 0 saturated heterocycles. The Morgan fingerprint density at radius 1 is 1.35 bits per heavy atom. The van der Waals surface area contributed by atoms with Gasteiger partial charge in [-0.05, 0) is 24.6 Å². The lowest BCUT2D eigenvalue weighted by Crippen LogP contribution is -2.13. The van der Waals surface area contributed by atoms with E-state index in [1.54, 1.807) is 6.07 Å². The van der Waals surface area contributed by atoms with Crippen molar-refractivity contribution in [3.63, 3.8) is 0 Å². The van der Waals surface area contributed by atoms with Crippen LogP contribution in [0.3, 0.4) is 0 Å². The predicted octanol–water partition coefficient (Wildman–Crippen LogP) is 4.10. The number of benzene rings is 1. The molecule has 6 heteroatoms. The molecule has 0 radical (unpaired) electrons. The normalized spacial score (nSPS) is 10.9. The minimum Gasteiger partial charge on any atom is -0.325 e. The van der Waals surface area contributed by atoms with Crippen LogP contribution in [0.4, 0.5) is 18.9 Å². The van der Waals surface area contributed by atoms with Crippen LogP contribution < -0.4 is 5.32 Å². The average Bonchev–Trinajstić information content (AvgIpc) is 2.38. The molecule has 0 heterocycles. The Labute approximate surface area is 115 Å². The summed E-state index contributed by atoms with van der Waals surface area (Å²) in [6, 6.07) is 4.36. The Morgan fingerprint density at radius 2 is 2.05 bits per heavy atom. The largest absolute Gasteiger partial charge is 0.416 e. The molecule has 0 fully saturated rings. The summed E-state index contributed by atoms with van der Waals surface area (Å²) in [5, 5.41) is 11.3. The summed E-state index contributed by atoms with van der Waals surface area (Å²) in [6.45, 7) is 2.00. The fourth-order valence-corrected chi connectivity index (χ4v) is 1.67. The zero-order valence-electron chi connectivity index (χ0n) is 11.0. The molecule has 108 valence electrons. The van der Waals surface area contributed by atoms with Crippen LogP contribution in [-0.2, 0) is 11.0 Å². The number of hydrogen-bond acceptors (Lipinski definition) is 2. The van der Waals surface area contributed by atoms with Gasteiger partial charge in [-0.25, -0.2) is 0 Å². The molecule has 1 N–H and O–H groups in total. The second kappa shape index (κ2) is 6.94. The summed E-state index contributed by atoms with van der Waals surface area (Å²) in [5.41, 5.74) is -0.983. The highest BCUT2D eigenvalue weighted by Gasteiger charge is 2.31. The van der Waals surface area contributed by atoms with Crippen molar-refractivity contribution in [2.45, 2.75) is 38.8 Å². The first-order valence-corrected chi connectivity index (χ1v) is 6.29. The fourth-order valence-electron chi connectivity index (χ4n) is 1.67. The minimum absolute atomic E-state index is 0.113. The van der Waals surface area contributed by atoms with Crippen LogP contribution in [0.2, 0.25) is 0 Å². The van der Waals surface area contributed by atoms with Crippen LogP contribution in [0.1, 0.15) is 43.7 Å². The Hall–Kier alpha value is -2.03. The number of unbranched alkanes of at least 4 members (excludes halogenated alkanes) is 2. The average molecular weight is 284 g/mol. The number of nitrogens with one attached hydrogen (secondary N) is 1. The van der Waals surface area contributed by atoms with Crippen molar-refractivity contribution >= 4 is 11.6 Å². The molecule has 0 spiro atoms. The van der Waals surface area contributed by atoms with Gasteiger partial charge in [0.2, 0.25) is 5.91 Å². The summed E-state index contributed by atoms with van der Waals surface area (Å²) in [7, 11) is 0. The van der Waals surface area contributed by atoms with E-state index in [4.69, 9.17) is 5.26 Å². The molecule has 3 nitrogen and oxygen atoms in total. The summed E-state index contributed by atoms with van der Waals surface area (Å²) in [6.07, 6.45) is -1.62. The number of carbonyl (C=O) groups excluding carboxylic acids is 1. The molecule has 0 aromatic heterocycles. The van der Waals surface area contributed by atoms with Crippen molar-refractivity contribution in [2.75, 3.05) is 5.32 Å². The minimum atomic E-state index is -4.50. The first-order valence-electron chi connectivity index (χ1n) is 6.29. The van der Waals surface area contributed by atoms with E-state index in [1.807, 2.05) is 6.92 Å². The molecule has 0 saturated carbocycles. The number of nitriles is 1. The molecule has 0 unspecified atom stereocenters. The third-order valence-electron chi connectivity index (χ3n) is 2.75. The van der Waals surface area contributed by atoms with Crippen LogP contribution in [0.15, 0.2) is 18.2 Å². The van der Waals surface area contributed by atoms with E-state index in [1.165, 1.54) is 0 Å². The van der Waals surface area contributed by atoms with Gasteiger partial charge in [0.25, 0.3) is 0 Å². The number of carbonyl (C=O) groups is 1. The summed E-state index contributed by atoms with van der Waals surface area (Å²) >= 11 is 0. The van der Waals surface area contributed by atoms with Crippen molar-refractivity contribution in [1.29, 1.82) is 5.26 Å². The number of amides is 1. The van der Waals surface area contributed by atoms with Crippen LogP contribution in [0.5, 0.6) is 0 Å². The number of halogens is 3. The maximum atomic E-state index is 12.5. The maximum Gasteiger partial charge on any atom is 0.416 e. The third-order valence-corrected chi connectivity index (χ3v) is 2.75. The lowest BCUT2D eigenvalue weighted by atomic mass is 10.1. The van der Waals surface area contributed by atoms with Crippen molar-refractivity contribution in [1.82, 2.24) is 0 Å². The smallest absolute Gasteiger partial charge is 0.325 e. The zero-order chi connectivity index (χ0) is 15.2. The summed E-state index contributed by atoms with van der Waals surface area (Å²) in [4.78, 5) is 11.6. The quantitative estimate of drug-likeness (QED) is 0.828. The van der Waals surface area contributed by atoms with Gasteiger partial charge in [-0.15, -0.1) is 0 Å². The Bertz CT molecular complexity index is 518. The molecule has 20 heavy (non-hydrogen) atoms. The number of rotatable bonds is 5. The molecule has 0 aliphatic heterocycles. The lowest BCUT2D eigenvalue weighted by Gasteiger charge is -2.10. The van der Waals surface area contributed by atoms with Gasteiger partial charge >= 0.3 is 6.18 Å². The molecule has 1 aromatic carbocycles. The van der Waals surface area contributed by atoms with E-state index >= 15 is 0 Å². The van der Waals surface area contributed by atoms with E-state index in [2.05, 4.69) is 5.32 Å². The monoisotopic (exact) mass is 284 g/mol. The molecule has 0 aliphatic carbocycles. The standard InChI is InChI=1S/C14H15F3N2O/c1-2-3-4-5-13(20)19-12-7-6-11(14(15,16)17)8-10(12)9-18/h6-8H,2-5H2,1H3,(H,19,20). The van der Waals surface area contributed by atoms with Crippen LogP contribution >= 0.6 is 0 Å². The highest BCUT2D eigenvalue weighted by Crippen LogP contribution is 2.31. The first-order chi connectivity index (χ1) is 9.38. The van der Waals surface area contributed by atoms with Gasteiger partial charge in [0, 0.05) is 6.42 Å². The van der Waals surface area contributed by atoms with E-state index in [0.717, 1.165) is 31.0 Å². The second-order valence-corrected chi connectivity index (χ2v) is 4.38. The lowest BCUT2D eigenvalue weighted by molar-refractivity contribution is -0.137. The Morgan fingerprint density at radius 3 is 2.60 bits per heavy atom. The van der Waals surface area contributed by atoms with Crippen LogP contribution in [0, 0.1) is 11.3 Å². The molecule has 0 bridgehead atoms. The number of hydrogen-bond donors (Lipinski definition) is 1. The van der Waals surface area contributed by atoms with Crippen molar-refractivity contribution in [2.24, 2.45) is 0 Å². The number of anilines is 1. The molecular formula is C14H15F3N2O. The van der Waals surface area contributed by atoms with Gasteiger partial charge in [0.1, 0.15) is 6.07 Å². The molecule has 1 aromatic rings. The summed E-state index contributed by atoms with van der Waals surface area (Å²) in [5.74, 6) is -0.297. The van der Waals surface area contributed by atoms with Gasteiger partial charge in [-0.3, -0.25) is 4.79 Å². The van der Waals surface area contributed by atoms with Gasteiger partial charge in [0.05, 0.1) is 16.8 Å². The maximum absolute atomic E-state index is 12.5. The topological polar surface area (TPSA) is 52.9 Å². The van der Waals surface area contributed by atoms with Crippen molar-refractivity contribution in [3.05, 3.63) is 29.3 Å². The third kappa shape index (κ3) is 4.57. The zero-order valence-corrected chi connectivity index (χ0v) is 11.0. The van der Waals surface area contributed by atoms with Crippen molar-refractivity contribution in [3.8, 4) is 6.07 Å². The van der Waals surface area contributed by atoms with Crippen molar-refractivity contribution < 1.29 is 18.0 Å². The Balaban J connectivity index is 2.81. The highest BCUT2D eigenvalue weighted by molar-refractivity contribution is 5.92. The van der Waals surface area contributed by atoms with Gasteiger partial charge in [-0.1, -0.05) is 19.8 Å². The number of alkyl halides is 3. The Kier molecular flexibility index (Phi) is 5.56. The van der Waals surface area contributed by atoms with E-state index in [0.29, 0.717) is 12.8 Å². The van der Waals surface area contributed by atoms with Crippen LogP contribution in [-0.4, -0.2) is 5.91 Å². The molecule has 1 rings (SSSR count). The molecule has 0 atom stereocenters. The van der Waals surface area contributed by atoms with Gasteiger partial charge in [0.15, 0.2) is 0 Å². The number of nitrogens with zero attached hydrogens (tertiary/aromatic N) is 1. The molecular weight excluding hydrogens is 269 g/mol. The van der Waals surface area contributed by atoms with Crippen LogP contribution in [0.25, 0.3) is 0 Å². The second-order valence-electron chi connectivity index (χ2n) is 4.38. The van der Waals surface area contributed by atoms with E-state index < -0.39 is 11.7 Å². The van der Waals surface area contributed by atoms with E-state index in [-0.39, 0.29) is 17.2 Å². The first kappa shape index (κ1) is 16.0. The fraction of sp³-hybridized carbons (Fsp3) is 0.429. The summed E-state index contributed by atoms with van der Waals surface area (Å²) < 4.78 is 37.5. The van der Waals surface area contributed by atoms with E-state index in [9.17, 15) is 18.0 Å². The van der Waals surface area contributed by atoms with Gasteiger partial charge < -0.3 is 5.32 Å². The predicted molar refractivity (Wildman–Crippen MR) is 68.9 cm³/mol. The van der Waals surface area contributed by atoms with Gasteiger partial charge in [-0.2, -0.15) is 18.4 Å². The molecule has 0 aliphatic rings. The molecule has 1 amide bonds. The SMILES string of the molecule is CCCCCC(=O)Nc1ccc(C(F)(F)F)cc1C#N. The highest BCUT2D eigenvalue weighted by atomic mass is 19.4.